The molecule has 0 aliphatic heterocycles. The molecular formula is C48H88NO7P. The van der Waals surface area contributed by atoms with Crippen molar-refractivity contribution in [2.24, 2.45) is 0 Å². The number of phosphoric ester groups is 1. The van der Waals surface area contributed by atoms with Crippen LogP contribution in [0, 0.1) is 0 Å². The summed E-state index contributed by atoms with van der Waals surface area (Å²) in [5.74, 6) is -0.348. The molecule has 0 radical (unpaired) electrons. The first-order valence-electron chi connectivity index (χ1n) is 23.0. The Bertz CT molecular complexity index is 1090. The zero-order chi connectivity index (χ0) is 42.0. The second-order valence-corrected chi connectivity index (χ2v) is 17.8. The second kappa shape index (κ2) is 41.0. The molecule has 0 aliphatic rings. The van der Waals surface area contributed by atoms with E-state index in [0.717, 1.165) is 77.0 Å². The van der Waals surface area contributed by atoms with Crippen LogP contribution in [0.3, 0.4) is 0 Å². The maximum atomic E-state index is 12.7. The largest absolute Gasteiger partial charge is 0.756 e. The van der Waals surface area contributed by atoms with Crippen molar-refractivity contribution in [3.8, 4) is 0 Å². The summed E-state index contributed by atoms with van der Waals surface area (Å²) in [6.45, 7) is 5.22. The van der Waals surface area contributed by atoms with Gasteiger partial charge in [0, 0.05) is 13.0 Å². The Hall–Kier alpha value is -1.80. The molecule has 0 aliphatic carbocycles. The van der Waals surface area contributed by atoms with Gasteiger partial charge in [-0.1, -0.05) is 158 Å². The molecule has 0 saturated heterocycles. The third-order valence-electron chi connectivity index (χ3n) is 9.55. The fourth-order valence-corrected chi connectivity index (χ4v) is 6.73. The maximum Gasteiger partial charge on any atom is 0.306 e. The molecule has 0 aromatic heterocycles. The number of carbonyl (C=O) groups excluding carboxylic acids is 1. The van der Waals surface area contributed by atoms with E-state index in [-0.39, 0.29) is 25.8 Å². The quantitative estimate of drug-likeness (QED) is 0.0199. The molecule has 0 heterocycles. The highest BCUT2D eigenvalue weighted by atomic mass is 31.2. The number of ether oxygens (including phenoxy) is 2. The van der Waals surface area contributed by atoms with Gasteiger partial charge in [-0.15, -0.1) is 0 Å². The number of carbonyl (C=O) groups is 1. The number of likely N-dealkylation sites (N-methyl/N-ethyl adjacent to an activating group) is 1. The molecule has 0 aromatic rings. The summed E-state index contributed by atoms with van der Waals surface area (Å²) in [5, 5.41) is 0. The normalized spacial score (nSPS) is 14.3. The Kier molecular flexibility index (Phi) is 39.7. The Balaban J connectivity index is 4.22. The fraction of sp³-hybridized carbons (Fsp3) is 0.771. The molecule has 0 fully saturated rings. The number of rotatable bonds is 42. The van der Waals surface area contributed by atoms with Crippen molar-refractivity contribution in [2.45, 2.75) is 187 Å². The number of nitrogens with zero attached hydrogens (tertiary/aromatic N) is 1. The maximum absolute atomic E-state index is 12.7. The van der Waals surface area contributed by atoms with E-state index in [1.165, 1.54) is 83.5 Å². The van der Waals surface area contributed by atoms with Crippen LogP contribution in [0.4, 0.5) is 0 Å². The van der Waals surface area contributed by atoms with Crippen molar-refractivity contribution in [1.82, 2.24) is 0 Å². The van der Waals surface area contributed by atoms with E-state index in [1.807, 2.05) is 21.1 Å². The molecule has 0 aromatic carbocycles. The van der Waals surface area contributed by atoms with E-state index in [4.69, 9.17) is 18.5 Å². The van der Waals surface area contributed by atoms with Crippen LogP contribution in [-0.4, -0.2) is 70.7 Å². The van der Waals surface area contributed by atoms with Gasteiger partial charge in [-0.25, -0.2) is 0 Å². The lowest BCUT2D eigenvalue weighted by Gasteiger charge is -2.28. The topological polar surface area (TPSA) is 94.1 Å². The van der Waals surface area contributed by atoms with Crippen LogP contribution < -0.4 is 4.89 Å². The predicted molar refractivity (Wildman–Crippen MR) is 240 cm³/mol. The van der Waals surface area contributed by atoms with Gasteiger partial charge in [0.15, 0.2) is 0 Å². The average Bonchev–Trinajstić information content (AvgIpc) is 3.16. The Morgan fingerprint density at radius 3 is 1.53 bits per heavy atom. The summed E-state index contributed by atoms with van der Waals surface area (Å²) in [6, 6.07) is 0. The highest BCUT2D eigenvalue weighted by Crippen LogP contribution is 2.38. The number of quaternary nitrogens is 1. The van der Waals surface area contributed by atoms with Crippen LogP contribution >= 0.6 is 7.82 Å². The highest BCUT2D eigenvalue weighted by molar-refractivity contribution is 7.45. The van der Waals surface area contributed by atoms with Gasteiger partial charge >= 0.3 is 5.97 Å². The van der Waals surface area contributed by atoms with Crippen molar-refractivity contribution >= 4 is 13.8 Å². The SMILES string of the molecule is CC/C=C\C/C=C\C/C=C\CCCCCCOCC(COP(=O)([O-])OCC[N+](C)(C)C)OC(=O)CCCCCCCCCCC/C=C\C/C=C\CCCCCCC. The van der Waals surface area contributed by atoms with Crippen LogP contribution in [0.25, 0.3) is 0 Å². The Morgan fingerprint density at radius 1 is 0.561 bits per heavy atom. The molecule has 57 heavy (non-hydrogen) atoms. The molecule has 0 N–H and O–H groups in total. The lowest BCUT2D eigenvalue weighted by atomic mass is 10.1. The third-order valence-corrected chi connectivity index (χ3v) is 10.5. The van der Waals surface area contributed by atoms with Crippen molar-refractivity contribution in [3.05, 3.63) is 60.8 Å². The first-order valence-corrected chi connectivity index (χ1v) is 24.5. The minimum Gasteiger partial charge on any atom is -0.756 e. The van der Waals surface area contributed by atoms with E-state index in [9.17, 15) is 14.3 Å². The molecule has 2 unspecified atom stereocenters. The van der Waals surface area contributed by atoms with E-state index >= 15 is 0 Å². The summed E-state index contributed by atoms with van der Waals surface area (Å²) in [7, 11) is 1.33. The van der Waals surface area contributed by atoms with E-state index in [0.29, 0.717) is 24.1 Å². The standard InChI is InChI=1S/C48H88NO7P/c1-6-8-10-12-14-16-18-20-22-23-24-25-26-27-28-29-31-33-35-37-39-41-48(50)56-47(46-55-57(51,52)54-44-42-49(3,4)5)45-53-43-40-38-36-34-32-30-21-19-17-15-13-11-9-7-2/h9,11,15,17-18,20-21,23-24,30,47H,6-8,10,12-14,16,19,22,25-29,31-46H2,1-5H3/b11-9-,17-15-,20-18-,24-23-,30-21-. The summed E-state index contributed by atoms with van der Waals surface area (Å²) in [6.07, 6.45) is 50.9. The molecular weight excluding hydrogens is 734 g/mol. The molecule has 0 amide bonds. The monoisotopic (exact) mass is 822 g/mol. The Labute approximate surface area is 351 Å². The summed E-state index contributed by atoms with van der Waals surface area (Å²) in [5.41, 5.74) is 0. The van der Waals surface area contributed by atoms with Crippen LogP contribution in [0.15, 0.2) is 60.8 Å². The second-order valence-electron chi connectivity index (χ2n) is 16.4. The van der Waals surface area contributed by atoms with Gasteiger partial charge in [-0.3, -0.25) is 9.36 Å². The first-order chi connectivity index (χ1) is 27.6. The van der Waals surface area contributed by atoms with E-state index in [2.05, 4.69) is 74.6 Å². The first kappa shape index (κ1) is 55.2. The Morgan fingerprint density at radius 2 is 1.02 bits per heavy atom. The molecule has 0 rings (SSSR count). The van der Waals surface area contributed by atoms with Crippen LogP contribution in [-0.2, 0) is 27.9 Å². The number of phosphoric acid groups is 1. The van der Waals surface area contributed by atoms with Crippen LogP contribution in [0.5, 0.6) is 0 Å². The third kappa shape index (κ3) is 45.1. The van der Waals surface area contributed by atoms with E-state index in [1.54, 1.807) is 0 Å². The number of hydrogen-bond donors (Lipinski definition) is 0. The number of unbranched alkanes of at least 4 members (excludes halogenated alkanes) is 18. The zero-order valence-corrected chi connectivity index (χ0v) is 38.4. The molecule has 2 atom stereocenters. The lowest BCUT2D eigenvalue weighted by molar-refractivity contribution is -0.870. The van der Waals surface area contributed by atoms with Crippen molar-refractivity contribution in [2.75, 3.05) is 54.1 Å². The molecule has 0 spiro atoms. The van der Waals surface area contributed by atoms with E-state index < -0.39 is 13.9 Å². The van der Waals surface area contributed by atoms with Crippen molar-refractivity contribution in [3.63, 3.8) is 0 Å². The number of hydrogen-bond acceptors (Lipinski definition) is 7. The minimum atomic E-state index is -4.54. The molecule has 8 nitrogen and oxygen atoms in total. The number of esters is 1. The van der Waals surface area contributed by atoms with Crippen LogP contribution in [0.2, 0.25) is 0 Å². The fourth-order valence-electron chi connectivity index (χ4n) is 6.00. The molecule has 0 saturated carbocycles. The van der Waals surface area contributed by atoms with Gasteiger partial charge in [0.2, 0.25) is 0 Å². The predicted octanol–water partition coefficient (Wildman–Crippen LogP) is 13.1. The van der Waals surface area contributed by atoms with Gasteiger partial charge < -0.3 is 27.9 Å². The zero-order valence-electron chi connectivity index (χ0n) is 37.5. The molecule has 9 heteroatoms. The highest BCUT2D eigenvalue weighted by Gasteiger charge is 2.20. The van der Waals surface area contributed by atoms with Gasteiger partial charge in [0.25, 0.3) is 7.82 Å². The lowest BCUT2D eigenvalue weighted by Crippen LogP contribution is -2.37. The smallest absolute Gasteiger partial charge is 0.306 e. The van der Waals surface area contributed by atoms with Gasteiger partial charge in [0.05, 0.1) is 34.4 Å². The van der Waals surface area contributed by atoms with Crippen molar-refractivity contribution in [1.29, 1.82) is 0 Å². The summed E-state index contributed by atoms with van der Waals surface area (Å²) >= 11 is 0. The average molecular weight is 822 g/mol. The van der Waals surface area contributed by atoms with Crippen molar-refractivity contribution < 1.29 is 37.3 Å². The molecule has 332 valence electrons. The summed E-state index contributed by atoms with van der Waals surface area (Å²) < 4.78 is 34.6. The van der Waals surface area contributed by atoms with Gasteiger partial charge in [-0.05, 0) is 77.0 Å². The number of allylic oxidation sites excluding steroid dienone is 10. The van der Waals surface area contributed by atoms with Crippen LogP contribution in [0.1, 0.15) is 181 Å². The van der Waals surface area contributed by atoms with Gasteiger partial charge in [-0.2, -0.15) is 0 Å². The molecule has 0 bridgehead atoms. The van der Waals surface area contributed by atoms with Gasteiger partial charge in [0.1, 0.15) is 19.3 Å². The minimum absolute atomic E-state index is 0.0181. The summed E-state index contributed by atoms with van der Waals surface area (Å²) in [4.78, 5) is 25.1.